The van der Waals surface area contributed by atoms with Crippen LogP contribution in [-0.2, 0) is 83.9 Å². The van der Waals surface area contributed by atoms with Crippen LogP contribution in [0.5, 0.6) is 11.8 Å². The first-order valence-electron chi connectivity index (χ1n) is 27.0. The molecule has 0 fully saturated rings. The summed E-state index contributed by atoms with van der Waals surface area (Å²) in [7, 11) is -11.7. The Balaban J connectivity index is 1.31. The van der Waals surface area contributed by atoms with E-state index in [0.29, 0.717) is 79.4 Å². The molecule has 2 aromatic rings. The first-order chi connectivity index (χ1) is 39.3. The molecule has 464 valence electrons. The lowest BCUT2D eigenvalue weighted by Crippen LogP contribution is -2.35. The van der Waals surface area contributed by atoms with Gasteiger partial charge in [-0.25, -0.2) is 9.37 Å². The van der Waals surface area contributed by atoms with Crippen molar-refractivity contribution in [3.8, 4) is 23.1 Å². The van der Waals surface area contributed by atoms with E-state index in [1.165, 1.54) is 24.3 Å². The number of benzene rings is 2. The Morgan fingerprint density at radius 3 is 1.80 bits per heavy atom. The maximum atomic E-state index is 12.5. The summed E-state index contributed by atoms with van der Waals surface area (Å²) in [5.41, 5.74) is 2.06. The number of nitrogens with zero attached hydrogens (tertiary/aromatic N) is 3. The Bertz CT molecular complexity index is 3130. The van der Waals surface area contributed by atoms with Crippen LogP contribution in [0.15, 0.2) is 81.8 Å². The highest BCUT2D eigenvalue weighted by molar-refractivity contribution is 7.86. The van der Waals surface area contributed by atoms with Crippen LogP contribution in [0, 0.1) is 0 Å². The first-order valence-corrected chi connectivity index (χ1v) is 31.7. The van der Waals surface area contributed by atoms with Gasteiger partial charge < -0.3 is 62.3 Å². The lowest BCUT2D eigenvalue weighted by Gasteiger charge is -2.30. The summed E-state index contributed by atoms with van der Waals surface area (Å²) in [5.74, 6) is -1.59. The van der Waals surface area contributed by atoms with Crippen molar-refractivity contribution in [3.63, 3.8) is 0 Å². The van der Waals surface area contributed by atoms with Crippen LogP contribution >= 0.6 is 0 Å². The summed E-state index contributed by atoms with van der Waals surface area (Å²) in [5, 5.41) is 19.9. The third kappa shape index (κ3) is 22.9. The summed E-state index contributed by atoms with van der Waals surface area (Å²) < 4.78 is 155. The van der Waals surface area contributed by atoms with Gasteiger partial charge in [0.15, 0.2) is 6.54 Å². The van der Waals surface area contributed by atoms with Crippen molar-refractivity contribution in [3.05, 3.63) is 94.7 Å². The van der Waals surface area contributed by atoms with E-state index in [4.69, 9.17) is 47.1 Å². The maximum Gasteiger partial charge on any atom is 0.335 e. The maximum absolute atomic E-state index is 12.5. The zero-order valence-electron chi connectivity index (χ0n) is 47.6. The third-order valence-electron chi connectivity index (χ3n) is 13.1. The fourth-order valence-corrected chi connectivity index (χ4v) is 10.5. The van der Waals surface area contributed by atoms with E-state index < -0.39 is 65.0 Å². The number of hydrogen-bond acceptors (Lipinski definition) is 20. The van der Waals surface area contributed by atoms with Crippen molar-refractivity contribution < 1.29 is 101 Å². The fourth-order valence-electron chi connectivity index (χ4n) is 9.01. The van der Waals surface area contributed by atoms with Gasteiger partial charge in [-0.1, -0.05) is 26.8 Å². The van der Waals surface area contributed by atoms with Gasteiger partial charge in [0.2, 0.25) is 17.1 Å². The fraction of sp³-hybridized carbons (Fsp3) is 0.564. The van der Waals surface area contributed by atoms with Gasteiger partial charge in [0.25, 0.3) is 30.4 Å². The topological polar surface area (TPSA) is 328 Å². The molecule has 1 aliphatic carbocycles. The van der Waals surface area contributed by atoms with E-state index >= 15 is 0 Å². The summed E-state index contributed by atoms with van der Waals surface area (Å²) in [6.07, 6.45) is 5.48. The molecule has 0 bridgehead atoms. The average molecular weight is 1230 g/mol. The number of allylic oxidation sites excluding steroid dienone is 3. The molecule has 3 aliphatic rings. The number of aromatic hydroxyl groups is 2. The number of hydrogen-bond donors (Lipinski definition) is 5. The van der Waals surface area contributed by atoms with E-state index in [2.05, 4.69) is 20.8 Å². The highest BCUT2D eigenvalue weighted by Gasteiger charge is 2.44. The number of ether oxygens (including phenoxy) is 8. The van der Waals surface area contributed by atoms with Gasteiger partial charge in [-0.3, -0.25) is 13.7 Å². The average Bonchev–Trinajstić information content (AvgIpc) is 1.89. The van der Waals surface area contributed by atoms with Crippen molar-refractivity contribution in [2.24, 2.45) is 0 Å². The van der Waals surface area contributed by atoms with Gasteiger partial charge >= 0.3 is 5.97 Å². The quantitative estimate of drug-likeness (QED) is 0.0236. The van der Waals surface area contributed by atoms with Gasteiger partial charge in [0, 0.05) is 60.6 Å². The second-order valence-corrected chi connectivity index (χ2v) is 25.0. The summed E-state index contributed by atoms with van der Waals surface area (Å²) >= 11 is 0. The van der Waals surface area contributed by atoms with Crippen LogP contribution in [0.2, 0.25) is 0 Å². The Labute approximate surface area is 485 Å². The van der Waals surface area contributed by atoms with Gasteiger partial charge in [0.1, 0.15) is 24.7 Å². The summed E-state index contributed by atoms with van der Waals surface area (Å²) in [4.78, 5) is 18.4. The van der Waals surface area contributed by atoms with Gasteiger partial charge in [-0.05, 0) is 78.8 Å². The minimum Gasteiger partial charge on any atom is -0.492 e. The van der Waals surface area contributed by atoms with E-state index in [-0.39, 0.29) is 109 Å². The zero-order chi connectivity index (χ0) is 60.7. The molecule has 1 atom stereocenters. The molecule has 0 spiro atoms. The molecule has 1 unspecified atom stereocenters. The van der Waals surface area contributed by atoms with Crippen LogP contribution in [0.4, 0.5) is 5.69 Å². The highest BCUT2D eigenvalue weighted by Crippen LogP contribution is 2.51. The SMILES string of the molecule is COCCOCCOCCOCC[N+](CCCS(=O)(=O)O)=c1ccc2c(C(C)(C)C)cc(C=CC=C3N(CCOCCOCCOCCOCCC(=O)On4c(O)ccc4O)c4ccc(S(=O)(=O)O)cc4C3(C)CCCS(=O)(=O)O)oc-2c1. The minimum atomic E-state index is -4.66. The molecule has 2 aliphatic heterocycles. The predicted molar refractivity (Wildman–Crippen MR) is 305 cm³/mol. The van der Waals surface area contributed by atoms with Crippen molar-refractivity contribution >= 4 is 48.1 Å². The summed E-state index contributed by atoms with van der Waals surface area (Å²) in [6, 6.07) is 14.2. The van der Waals surface area contributed by atoms with Gasteiger partial charge in [-0.15, -0.1) is 4.73 Å². The zero-order valence-corrected chi connectivity index (χ0v) is 50.1. The molecule has 1 aromatic carbocycles. The van der Waals surface area contributed by atoms with Gasteiger partial charge in [-0.2, -0.15) is 25.3 Å². The Morgan fingerprint density at radius 2 is 1.23 bits per heavy atom. The van der Waals surface area contributed by atoms with Crippen molar-refractivity contribution in [2.75, 3.05) is 142 Å². The molecule has 5 rings (SSSR count). The minimum absolute atomic E-state index is 0.00781. The van der Waals surface area contributed by atoms with Crippen molar-refractivity contribution in [2.45, 2.75) is 69.1 Å². The molecule has 28 heteroatoms. The number of aromatic nitrogens is 1. The van der Waals surface area contributed by atoms with Crippen LogP contribution in [0.25, 0.3) is 17.4 Å². The van der Waals surface area contributed by atoms with Crippen LogP contribution in [0.3, 0.4) is 0 Å². The molecule has 0 radical (unpaired) electrons. The first kappa shape index (κ1) is 68.5. The normalized spacial score (nSPS) is 16.0. The molecule has 5 N–H and O–H groups in total. The monoisotopic (exact) mass is 1230 g/mol. The van der Waals surface area contributed by atoms with Crippen LogP contribution in [0.1, 0.15) is 70.3 Å². The van der Waals surface area contributed by atoms with E-state index in [1.807, 2.05) is 46.7 Å². The molecule has 0 saturated carbocycles. The van der Waals surface area contributed by atoms with Crippen molar-refractivity contribution in [1.29, 1.82) is 0 Å². The summed E-state index contributed by atoms with van der Waals surface area (Å²) in [6.45, 7) is 13.2. The Kier molecular flexibility index (Phi) is 27.1. The number of carbonyl (C=O) groups is 1. The van der Waals surface area contributed by atoms with Crippen LogP contribution < -0.4 is 19.7 Å². The molecule has 0 amide bonds. The second kappa shape index (κ2) is 32.8. The molecule has 83 heavy (non-hydrogen) atoms. The van der Waals surface area contributed by atoms with E-state index in [1.54, 1.807) is 25.3 Å². The lowest BCUT2D eigenvalue weighted by atomic mass is 9.77. The van der Waals surface area contributed by atoms with Crippen molar-refractivity contribution in [1.82, 2.24) is 9.31 Å². The lowest BCUT2D eigenvalue weighted by molar-refractivity contribution is -0.146. The molecule has 25 nitrogen and oxygen atoms in total. The molecule has 1 aromatic heterocycles. The predicted octanol–water partition coefficient (Wildman–Crippen LogP) is 4.34. The Hall–Kier alpha value is -5.31. The second-order valence-electron chi connectivity index (χ2n) is 20.4. The number of anilines is 1. The molecular formula is C55H80N3O22S3+. The molecule has 0 saturated heterocycles. The molecule has 3 heterocycles. The van der Waals surface area contributed by atoms with E-state index in [9.17, 15) is 53.9 Å². The number of carbonyl (C=O) groups excluding carboxylic acids is 1. The third-order valence-corrected chi connectivity index (χ3v) is 15.5. The largest absolute Gasteiger partial charge is 0.492 e. The number of methoxy groups -OCH3 is 1. The van der Waals surface area contributed by atoms with E-state index in [0.717, 1.165) is 16.5 Å². The number of fused-ring (bicyclic) bond motifs is 2. The molecular weight excluding hydrogens is 1150 g/mol. The smallest absolute Gasteiger partial charge is 0.335 e. The van der Waals surface area contributed by atoms with Crippen LogP contribution in [-0.4, -0.2) is 197 Å². The Morgan fingerprint density at radius 1 is 0.675 bits per heavy atom. The standard InChI is InChI=1S/C55H79N3O22S3/c1-54(2,3)46-40-43(79-49-39-42(11-13-45(46)49)56(19-8-38-82(65,66)67)20-23-73-28-31-77-34-33-75-26-25-71-5)9-6-10-50-55(4,18-7-37-81(62,63)64)47-41-44(83(68,69)70)12-14-48(47)57(50)21-24-74-29-32-78-36-35-76-30-27-72-22-17-53(61)80-58-51(59)15-16-52(58)60/h6,9-16,39-41H,7-8,17-38H2,1-5H3,(H4-,59,60,62,63,64,65,66,67,68,69,70)/p+1. The van der Waals surface area contributed by atoms with Gasteiger partial charge in [0.05, 0.1) is 121 Å². The number of rotatable bonds is 39. The highest BCUT2D eigenvalue weighted by atomic mass is 32.2.